The lowest BCUT2D eigenvalue weighted by atomic mass is 9.91. The van der Waals surface area contributed by atoms with E-state index < -0.39 is 11.2 Å². The highest BCUT2D eigenvalue weighted by atomic mass is 16.3. The van der Waals surface area contributed by atoms with E-state index in [1.54, 1.807) is 0 Å². The van der Waals surface area contributed by atoms with Crippen molar-refractivity contribution in [1.82, 2.24) is 9.55 Å². The van der Waals surface area contributed by atoms with Gasteiger partial charge in [-0.25, -0.2) is 4.79 Å². The first-order valence-electron chi connectivity index (χ1n) is 7.10. The van der Waals surface area contributed by atoms with Crippen molar-refractivity contribution in [3.8, 4) is 0 Å². The van der Waals surface area contributed by atoms with Gasteiger partial charge in [-0.2, -0.15) is 0 Å². The van der Waals surface area contributed by atoms with Crippen molar-refractivity contribution in [2.45, 2.75) is 45.2 Å². The molecule has 0 spiro atoms. The summed E-state index contributed by atoms with van der Waals surface area (Å²) in [6, 6.07) is 0.220. The Morgan fingerprint density at radius 2 is 2.15 bits per heavy atom. The third-order valence-corrected chi connectivity index (χ3v) is 3.80. The van der Waals surface area contributed by atoms with E-state index in [4.69, 9.17) is 5.73 Å². The quantitative estimate of drug-likeness (QED) is 0.675. The van der Waals surface area contributed by atoms with Crippen molar-refractivity contribution in [3.63, 3.8) is 0 Å². The van der Waals surface area contributed by atoms with E-state index in [2.05, 4.69) is 4.98 Å². The van der Waals surface area contributed by atoms with Crippen molar-refractivity contribution < 1.29 is 5.11 Å². The number of nitrogen functional groups attached to an aromatic ring is 1. The highest BCUT2D eigenvalue weighted by Crippen LogP contribution is 2.29. The largest absolute Gasteiger partial charge is 0.395 e. The average Bonchev–Trinajstić information content (AvgIpc) is 2.32. The zero-order valence-electron chi connectivity index (χ0n) is 11.8. The lowest BCUT2D eigenvalue weighted by molar-refractivity contribution is 0.283. The van der Waals surface area contributed by atoms with Gasteiger partial charge in [-0.3, -0.25) is 14.3 Å². The molecule has 0 aromatic carbocycles. The summed E-state index contributed by atoms with van der Waals surface area (Å²) in [5.41, 5.74) is 5.41. The molecule has 1 heterocycles. The van der Waals surface area contributed by atoms with E-state index in [1.165, 1.54) is 4.57 Å². The summed E-state index contributed by atoms with van der Waals surface area (Å²) < 4.78 is 1.39. The Kier molecular flexibility index (Phi) is 4.49. The van der Waals surface area contributed by atoms with Gasteiger partial charge in [-0.1, -0.05) is 6.92 Å². The molecule has 1 saturated carbocycles. The maximum atomic E-state index is 12.1. The minimum absolute atomic E-state index is 0.0533. The molecule has 0 amide bonds. The molecule has 1 aromatic heterocycles. The molecule has 2 rings (SSSR count). The molecule has 4 N–H and O–H groups in total. The second-order valence-corrected chi connectivity index (χ2v) is 5.15. The van der Waals surface area contributed by atoms with Crippen LogP contribution in [0.25, 0.3) is 0 Å². The van der Waals surface area contributed by atoms with E-state index in [-0.39, 0.29) is 18.5 Å². The smallest absolute Gasteiger partial charge is 0.330 e. The first-order valence-corrected chi connectivity index (χ1v) is 7.10. The van der Waals surface area contributed by atoms with Gasteiger partial charge >= 0.3 is 5.69 Å². The number of hydrogen-bond donors (Lipinski definition) is 3. The number of nitrogens with zero attached hydrogens (tertiary/aromatic N) is 2. The summed E-state index contributed by atoms with van der Waals surface area (Å²) in [6.45, 7) is 2.70. The molecule has 1 aromatic rings. The number of nitrogens with two attached hydrogens (primary N) is 1. The zero-order chi connectivity index (χ0) is 14.7. The monoisotopic (exact) mass is 282 g/mol. The minimum atomic E-state index is -0.476. The van der Waals surface area contributed by atoms with Gasteiger partial charge in [0.15, 0.2) is 0 Å². The van der Waals surface area contributed by atoms with E-state index in [1.807, 2.05) is 11.8 Å². The molecule has 112 valence electrons. The van der Waals surface area contributed by atoms with Gasteiger partial charge in [0, 0.05) is 19.1 Å². The van der Waals surface area contributed by atoms with Gasteiger partial charge in [0.1, 0.15) is 11.5 Å². The van der Waals surface area contributed by atoms with Gasteiger partial charge in [0.2, 0.25) is 0 Å². The summed E-state index contributed by atoms with van der Waals surface area (Å²) in [5.74, 6) is 0.195. The average molecular weight is 282 g/mol. The van der Waals surface area contributed by atoms with Crippen molar-refractivity contribution in [2.75, 3.05) is 23.8 Å². The zero-order valence-corrected chi connectivity index (χ0v) is 11.8. The molecule has 0 aliphatic heterocycles. The predicted octanol–water partition coefficient (Wildman–Crippen LogP) is -0.120. The third-order valence-electron chi connectivity index (χ3n) is 3.80. The lowest BCUT2D eigenvalue weighted by Crippen LogP contribution is -2.47. The Morgan fingerprint density at radius 3 is 2.65 bits per heavy atom. The second-order valence-electron chi connectivity index (χ2n) is 5.15. The molecule has 20 heavy (non-hydrogen) atoms. The number of aromatic amines is 1. The molecule has 1 aliphatic carbocycles. The Labute approximate surface area is 117 Å². The fraction of sp³-hybridized carbons (Fsp3) is 0.692. The van der Waals surface area contributed by atoms with Crippen LogP contribution < -0.4 is 21.9 Å². The van der Waals surface area contributed by atoms with E-state index in [0.29, 0.717) is 18.8 Å². The van der Waals surface area contributed by atoms with Crippen LogP contribution >= 0.6 is 0 Å². The number of aromatic nitrogens is 2. The predicted molar refractivity (Wildman–Crippen MR) is 78.1 cm³/mol. The molecule has 1 aliphatic rings. The Hall–Kier alpha value is -1.76. The molecular formula is C13H22N4O3. The van der Waals surface area contributed by atoms with Gasteiger partial charge in [0.05, 0.1) is 6.61 Å². The van der Waals surface area contributed by atoms with E-state index >= 15 is 0 Å². The topological polar surface area (TPSA) is 104 Å². The number of aliphatic hydroxyl groups excluding tert-OH is 1. The van der Waals surface area contributed by atoms with Crippen LogP contribution in [-0.4, -0.2) is 33.9 Å². The fourth-order valence-corrected chi connectivity index (χ4v) is 2.58. The molecule has 0 atom stereocenters. The maximum absolute atomic E-state index is 12.1. The van der Waals surface area contributed by atoms with Crippen LogP contribution in [0.1, 0.15) is 32.6 Å². The Balaban J connectivity index is 2.50. The second kappa shape index (κ2) is 6.13. The van der Waals surface area contributed by atoms with Crippen LogP contribution in [0.5, 0.6) is 0 Å². The highest BCUT2D eigenvalue weighted by molar-refractivity contribution is 5.63. The van der Waals surface area contributed by atoms with Gasteiger partial charge < -0.3 is 15.7 Å². The number of rotatable bonds is 6. The van der Waals surface area contributed by atoms with Gasteiger partial charge in [0.25, 0.3) is 5.56 Å². The molecule has 0 bridgehead atoms. The maximum Gasteiger partial charge on any atom is 0.330 e. The van der Waals surface area contributed by atoms with Gasteiger partial charge in [-0.05, 0) is 25.7 Å². The molecule has 1 fully saturated rings. The number of nitrogens with one attached hydrogen (secondary N) is 1. The fourth-order valence-electron chi connectivity index (χ4n) is 2.58. The highest BCUT2D eigenvalue weighted by Gasteiger charge is 2.29. The summed E-state index contributed by atoms with van der Waals surface area (Å²) in [5, 5.41) is 9.21. The van der Waals surface area contributed by atoms with Gasteiger partial charge in [-0.15, -0.1) is 0 Å². The standard InChI is InChI=1S/C13H22N4O3/c1-2-6-17-11(14)10(12(19)15-13(17)20)16(7-8-18)9-4-3-5-9/h9,18H,2-8,14H2,1H3,(H,15,19,20). The summed E-state index contributed by atoms with van der Waals surface area (Å²) in [4.78, 5) is 28.1. The van der Waals surface area contributed by atoms with Crippen molar-refractivity contribution >= 4 is 11.5 Å². The first kappa shape index (κ1) is 14.6. The molecule has 7 nitrogen and oxygen atoms in total. The summed E-state index contributed by atoms with van der Waals surface area (Å²) in [7, 11) is 0. The number of H-pyrrole nitrogens is 1. The lowest BCUT2D eigenvalue weighted by Gasteiger charge is -2.38. The van der Waals surface area contributed by atoms with Crippen molar-refractivity contribution in [3.05, 3.63) is 20.8 Å². The van der Waals surface area contributed by atoms with Crippen LogP contribution in [-0.2, 0) is 6.54 Å². The minimum Gasteiger partial charge on any atom is -0.395 e. The Morgan fingerprint density at radius 1 is 1.45 bits per heavy atom. The summed E-state index contributed by atoms with van der Waals surface area (Å²) >= 11 is 0. The van der Waals surface area contributed by atoms with Crippen LogP contribution in [0, 0.1) is 0 Å². The molecule has 0 radical (unpaired) electrons. The van der Waals surface area contributed by atoms with Crippen molar-refractivity contribution in [2.24, 2.45) is 0 Å². The van der Waals surface area contributed by atoms with Crippen LogP contribution in [0.3, 0.4) is 0 Å². The van der Waals surface area contributed by atoms with Crippen molar-refractivity contribution in [1.29, 1.82) is 0 Å². The normalized spacial score (nSPS) is 15.1. The first-order chi connectivity index (χ1) is 9.60. The molecule has 0 unspecified atom stereocenters. The van der Waals surface area contributed by atoms with Crippen LogP contribution in [0.4, 0.5) is 11.5 Å². The molecular weight excluding hydrogens is 260 g/mol. The Bertz CT molecular complexity index is 574. The number of anilines is 2. The number of hydrogen-bond acceptors (Lipinski definition) is 5. The SMILES string of the molecule is CCCn1c(N)c(N(CCO)C2CCC2)c(=O)[nH]c1=O. The third kappa shape index (κ3) is 2.58. The summed E-state index contributed by atoms with van der Waals surface area (Å²) in [6.07, 6.45) is 3.82. The van der Waals surface area contributed by atoms with Crippen LogP contribution in [0.2, 0.25) is 0 Å². The number of aliphatic hydroxyl groups is 1. The van der Waals surface area contributed by atoms with E-state index in [0.717, 1.165) is 25.7 Å². The molecule has 7 heteroatoms. The van der Waals surface area contributed by atoms with E-state index in [9.17, 15) is 14.7 Å². The molecule has 0 saturated heterocycles. The van der Waals surface area contributed by atoms with Crippen LogP contribution in [0.15, 0.2) is 9.59 Å².